The third kappa shape index (κ3) is 46.5. The Morgan fingerprint density at radius 1 is 0.652 bits per heavy atom. The van der Waals surface area contributed by atoms with Crippen molar-refractivity contribution >= 4 is 61.8 Å². The lowest BCUT2D eigenvalue weighted by Crippen LogP contribution is -2.43. The second kappa shape index (κ2) is 32.6. The van der Waals surface area contributed by atoms with Gasteiger partial charge < -0.3 is 4.74 Å². The Hall–Kier alpha value is 0.357. The molecule has 0 rings (SSSR count). The van der Waals surface area contributed by atoms with Gasteiger partial charge in [0.25, 0.3) is 6.36 Å². The van der Waals surface area contributed by atoms with Crippen LogP contribution in [0.15, 0.2) is 0 Å². The predicted octanol–water partition coefficient (Wildman–Crippen LogP) is 12.6. The molecule has 46 heavy (non-hydrogen) atoms. The largest absolute Gasteiger partial charge is 0.527 e. The van der Waals surface area contributed by atoms with Crippen LogP contribution < -0.4 is 0 Å². The molecule has 0 bridgehead atoms. The summed E-state index contributed by atoms with van der Waals surface area (Å²) < 4.78 is 213. The lowest BCUT2D eigenvalue weighted by molar-refractivity contribution is -0.426. The Kier molecular flexibility index (Phi) is 51.1. The van der Waals surface area contributed by atoms with E-state index in [1.165, 1.54) is 0 Å². The number of hydrogen-bond acceptors (Lipinski definition) is 5. The summed E-state index contributed by atoms with van der Waals surface area (Å²) in [5.41, 5.74) is 0. The van der Waals surface area contributed by atoms with Crippen molar-refractivity contribution < 1.29 is 103 Å². The maximum atomic E-state index is 12.5. The van der Waals surface area contributed by atoms with Crippen LogP contribution in [0.25, 0.3) is 0 Å². The average molecular weight is 936 g/mol. The van der Waals surface area contributed by atoms with Crippen molar-refractivity contribution in [1.29, 1.82) is 0 Å². The van der Waals surface area contributed by atoms with Gasteiger partial charge in [0.05, 0.1) is 3.55 Å². The maximum absolute atomic E-state index is 12.5. The van der Waals surface area contributed by atoms with Gasteiger partial charge in [0.15, 0.2) is 13.3 Å². The summed E-state index contributed by atoms with van der Waals surface area (Å²) in [4.78, 5) is 4.25. The molecule has 2 unspecified atom stereocenters. The van der Waals surface area contributed by atoms with Crippen LogP contribution in [0.3, 0.4) is 0 Å². The molecule has 28 heteroatoms. The maximum Gasteiger partial charge on any atom is 0.527 e. The molecule has 0 aromatic heterocycles. The molecule has 0 aliphatic carbocycles. The highest BCUT2D eigenvalue weighted by atomic mass is 127. The van der Waals surface area contributed by atoms with Crippen molar-refractivity contribution in [2.24, 2.45) is 0 Å². The molecule has 0 aliphatic heterocycles. The average Bonchev–Trinajstić information content (AvgIpc) is 2.81. The fourth-order valence-corrected chi connectivity index (χ4v) is 1.50. The summed E-state index contributed by atoms with van der Waals surface area (Å²) in [6, 6.07) is -2.73. The fourth-order valence-electron chi connectivity index (χ4n) is 0.804. The smallest absolute Gasteiger partial charge is 0.307 e. The van der Waals surface area contributed by atoms with Gasteiger partial charge >= 0.3 is 36.8 Å². The molecule has 0 N–H and O–H groups in total. The Bertz CT molecular complexity index is 643. The molecular formula is C18H36Cl3F18IO5Si. The number of halogens is 22. The normalized spacial score (nSPS) is 12.7. The third-order valence-corrected chi connectivity index (χ3v) is 11.9. The molecule has 0 aromatic rings. The van der Waals surface area contributed by atoms with E-state index in [4.69, 9.17) is 33.2 Å². The first-order valence-electron chi connectivity index (χ1n) is 8.34. The van der Waals surface area contributed by atoms with Crippen LogP contribution in [0.1, 0.15) is 44.6 Å². The van der Waals surface area contributed by atoms with E-state index < -0.39 is 80.2 Å². The van der Waals surface area contributed by atoms with Crippen LogP contribution in [-0.4, -0.2) is 80.2 Å². The van der Waals surface area contributed by atoms with Gasteiger partial charge in [-0.1, -0.05) is 67.2 Å². The molecule has 0 saturated heterocycles. The molecule has 5 nitrogen and oxygen atoms in total. The van der Waals surface area contributed by atoms with Gasteiger partial charge in [-0.05, 0) is 9.05 Å². The van der Waals surface area contributed by atoms with Crippen molar-refractivity contribution in [3.63, 3.8) is 0 Å². The molecular weight excluding hydrogens is 900 g/mol. The van der Waals surface area contributed by atoms with E-state index in [0.717, 1.165) is 0 Å². The van der Waals surface area contributed by atoms with Gasteiger partial charge in [-0.2, -0.15) is 40.1 Å². The van der Waals surface area contributed by atoms with E-state index in [1.807, 2.05) is 4.94 Å². The quantitative estimate of drug-likeness (QED) is 0.0605. The molecule has 0 fully saturated rings. The number of alkyl halides is 17. The summed E-state index contributed by atoms with van der Waals surface area (Å²) in [6.45, 7) is -9.51. The van der Waals surface area contributed by atoms with Gasteiger partial charge in [-0.25, -0.2) is 22.3 Å². The van der Waals surface area contributed by atoms with Crippen molar-refractivity contribution in [2.75, 3.05) is 33.5 Å². The lowest BCUT2D eigenvalue weighted by atomic mass is 10.5. The topological polar surface area (TPSA) is 46.2 Å². The van der Waals surface area contributed by atoms with Gasteiger partial charge in [0, 0.05) is 0 Å². The van der Waals surface area contributed by atoms with Gasteiger partial charge in [-0.3, -0.25) is 9.13 Å². The zero-order valence-electron chi connectivity index (χ0n) is 18.0. The zero-order valence-corrected chi connectivity index (χ0v) is 23.5. The predicted molar refractivity (Wildman–Crippen MR) is 149 cm³/mol. The van der Waals surface area contributed by atoms with Gasteiger partial charge in [0.1, 0.15) is 13.3 Å². The fraction of sp³-hybridized carbons (Fsp3) is 1.00. The molecule has 0 spiro atoms. The van der Waals surface area contributed by atoms with Gasteiger partial charge in [-0.15, -0.1) is 51.3 Å². The molecule has 0 heterocycles. The standard InChI is InChI=1S/C6H5F9O3.C3H2F6O.C2H3Cl3FISi.CH2F2O.6CH4/c7-1-4(9,10)17-3(8)6(13,14)16-2-5(11,12)18-15;4-1-2(5,6)10-3(7,8)9;3-8(4,5)2(7)1-6;2-1-4-3;;;;;;/h3H,1-2H2;1H2;2H,1H2;1H2;6*1H4. The minimum atomic E-state index is -5.50. The molecule has 0 aliphatic rings. The van der Waals surface area contributed by atoms with E-state index in [1.54, 1.807) is 22.6 Å². The summed E-state index contributed by atoms with van der Waals surface area (Å²) in [6.07, 6.45) is -29.6. The van der Waals surface area contributed by atoms with Crippen molar-refractivity contribution in [3.8, 4) is 0 Å². The molecule has 0 aromatic carbocycles. The molecule has 0 saturated carbocycles. The number of hydrogen-bond donors (Lipinski definition) is 0. The second-order valence-corrected chi connectivity index (χ2v) is 17.0. The minimum absolute atomic E-state index is 0. The van der Waals surface area contributed by atoms with Crippen LogP contribution in [0, 0.1) is 0 Å². The van der Waals surface area contributed by atoms with E-state index in [0.29, 0.717) is 0 Å². The monoisotopic (exact) mass is 934 g/mol. The summed E-state index contributed by atoms with van der Waals surface area (Å²) in [7, 11) is 0. The first-order chi connectivity index (χ1) is 17.6. The Labute approximate surface area is 283 Å². The highest BCUT2D eigenvalue weighted by Crippen LogP contribution is 2.32. The highest BCUT2D eigenvalue weighted by Gasteiger charge is 2.51. The van der Waals surface area contributed by atoms with E-state index >= 15 is 0 Å². The van der Waals surface area contributed by atoms with E-state index in [2.05, 4.69) is 19.2 Å². The second-order valence-electron chi connectivity index (χ2n) is 5.47. The minimum Gasteiger partial charge on any atom is -0.307 e. The van der Waals surface area contributed by atoms with Crippen molar-refractivity contribution in [2.45, 2.75) is 85.3 Å². The summed E-state index contributed by atoms with van der Waals surface area (Å²) in [5, 5.41) is 0. The van der Waals surface area contributed by atoms with Crippen molar-refractivity contribution in [3.05, 3.63) is 0 Å². The van der Waals surface area contributed by atoms with E-state index in [-0.39, 0.29) is 44.6 Å². The molecule has 0 radical (unpaired) electrons. The summed E-state index contributed by atoms with van der Waals surface area (Å²) >= 11 is 18.0. The lowest BCUT2D eigenvalue weighted by Gasteiger charge is -2.24. The molecule has 296 valence electrons. The number of rotatable bonds is 13. The zero-order chi connectivity index (χ0) is 33.2. The van der Waals surface area contributed by atoms with Crippen LogP contribution in [-0.2, 0) is 24.1 Å². The van der Waals surface area contributed by atoms with Crippen LogP contribution in [0.2, 0.25) is 0 Å². The van der Waals surface area contributed by atoms with Crippen LogP contribution in [0.4, 0.5) is 79.3 Å². The Morgan fingerprint density at radius 2 is 1.00 bits per heavy atom. The van der Waals surface area contributed by atoms with Crippen LogP contribution >= 0.6 is 55.8 Å². The first-order valence-corrected chi connectivity index (χ1v) is 14.7. The third-order valence-electron chi connectivity index (χ3n) is 2.19. The molecule has 0 amide bonds. The number of ether oxygens (including phenoxy) is 3. The first kappa shape index (κ1) is 72.1. The Balaban J connectivity index is -0.0000000501. The summed E-state index contributed by atoms with van der Waals surface area (Å²) in [5.74, 6) is 0. The Morgan fingerprint density at radius 3 is 1.17 bits per heavy atom. The van der Waals surface area contributed by atoms with Crippen LogP contribution in [0.5, 0.6) is 0 Å². The SMILES string of the molecule is C.C.C.C.C.C.FCC(F)(F)OC(F)(F)F.FCC(F)(F)OC(F)C(F)(F)OCC(F)(F)OF.FCC(I)[Si](Cl)(Cl)Cl.FCOF. The van der Waals surface area contributed by atoms with Crippen molar-refractivity contribution in [1.82, 2.24) is 0 Å². The highest BCUT2D eigenvalue weighted by molar-refractivity contribution is 14.1. The molecule has 2 atom stereocenters. The van der Waals surface area contributed by atoms with Gasteiger partial charge in [0.2, 0.25) is 6.86 Å². The van der Waals surface area contributed by atoms with E-state index in [9.17, 15) is 79.3 Å².